The lowest BCUT2D eigenvalue weighted by Crippen LogP contribution is -2.01. The summed E-state index contributed by atoms with van der Waals surface area (Å²) in [5.74, 6) is 0.287. The second kappa shape index (κ2) is 6.55. The van der Waals surface area contributed by atoms with Gasteiger partial charge in [0.05, 0.1) is 10.7 Å². The van der Waals surface area contributed by atoms with Crippen LogP contribution < -0.4 is 0 Å². The first kappa shape index (κ1) is 15.8. The predicted octanol–water partition coefficient (Wildman–Crippen LogP) is 4.81. The Morgan fingerprint density at radius 3 is 2.65 bits per heavy atom. The number of thioether (sulfide) groups is 1. The molecule has 1 heterocycles. The number of aromatic amines is 1. The van der Waals surface area contributed by atoms with E-state index in [4.69, 9.17) is 0 Å². The van der Waals surface area contributed by atoms with Crippen molar-refractivity contribution in [3.05, 3.63) is 68.8 Å². The molecule has 23 heavy (non-hydrogen) atoms. The quantitative estimate of drug-likeness (QED) is 0.293. The van der Waals surface area contributed by atoms with Gasteiger partial charge in [0.25, 0.3) is 5.69 Å². The van der Waals surface area contributed by atoms with E-state index in [2.05, 4.69) is 20.9 Å². The van der Waals surface area contributed by atoms with Crippen molar-refractivity contribution in [1.82, 2.24) is 4.98 Å². The average molecular weight is 391 g/mol. The summed E-state index contributed by atoms with van der Waals surface area (Å²) >= 11 is 4.77. The number of fused-ring (bicyclic) bond motifs is 1. The van der Waals surface area contributed by atoms with Gasteiger partial charge in [0.2, 0.25) is 0 Å². The standard InChI is InChI=1S/C16H11BrN2O3S/c17-10-1-6-15-13(7-10)14(8-18-15)16(20)9-23-12-4-2-11(3-5-12)19(21)22/h1-8,18H,9H2. The van der Waals surface area contributed by atoms with Gasteiger partial charge in [-0.2, -0.15) is 0 Å². The van der Waals surface area contributed by atoms with Crippen LogP contribution in [0.1, 0.15) is 10.4 Å². The molecule has 0 atom stereocenters. The molecule has 0 aliphatic heterocycles. The third kappa shape index (κ3) is 3.46. The maximum absolute atomic E-state index is 12.4. The van der Waals surface area contributed by atoms with Gasteiger partial charge in [-0.15, -0.1) is 11.8 Å². The van der Waals surface area contributed by atoms with Crippen LogP contribution in [-0.2, 0) is 0 Å². The fourth-order valence-electron chi connectivity index (χ4n) is 2.21. The highest BCUT2D eigenvalue weighted by atomic mass is 79.9. The molecular formula is C16H11BrN2O3S. The van der Waals surface area contributed by atoms with Crippen molar-refractivity contribution >= 4 is 50.1 Å². The van der Waals surface area contributed by atoms with Crippen molar-refractivity contribution in [2.75, 3.05) is 5.75 Å². The average Bonchev–Trinajstić information content (AvgIpc) is 2.96. The molecule has 1 aromatic heterocycles. The minimum atomic E-state index is -0.441. The van der Waals surface area contributed by atoms with Gasteiger partial charge in [0.15, 0.2) is 5.78 Å². The highest BCUT2D eigenvalue weighted by Crippen LogP contribution is 2.26. The second-order valence-corrected chi connectivity index (χ2v) is 6.82. The number of rotatable bonds is 5. The monoisotopic (exact) mass is 390 g/mol. The van der Waals surface area contributed by atoms with Gasteiger partial charge in [-0.3, -0.25) is 14.9 Å². The van der Waals surface area contributed by atoms with E-state index in [-0.39, 0.29) is 17.2 Å². The molecule has 3 aromatic rings. The van der Waals surface area contributed by atoms with E-state index in [1.807, 2.05) is 18.2 Å². The van der Waals surface area contributed by atoms with E-state index in [9.17, 15) is 14.9 Å². The summed E-state index contributed by atoms with van der Waals surface area (Å²) in [6.45, 7) is 0. The van der Waals surface area contributed by atoms with Crippen molar-refractivity contribution in [3.8, 4) is 0 Å². The van der Waals surface area contributed by atoms with E-state index >= 15 is 0 Å². The molecule has 0 bridgehead atoms. The molecule has 5 nitrogen and oxygen atoms in total. The number of Topliss-reactive ketones (excluding diaryl/α,β-unsaturated/α-hetero) is 1. The Morgan fingerprint density at radius 1 is 1.22 bits per heavy atom. The first-order valence-electron chi connectivity index (χ1n) is 6.71. The minimum Gasteiger partial charge on any atom is -0.360 e. The van der Waals surface area contributed by atoms with E-state index < -0.39 is 4.92 Å². The first-order valence-corrected chi connectivity index (χ1v) is 8.49. The molecule has 7 heteroatoms. The summed E-state index contributed by atoms with van der Waals surface area (Å²) in [5.41, 5.74) is 1.61. The van der Waals surface area contributed by atoms with Crippen molar-refractivity contribution in [1.29, 1.82) is 0 Å². The van der Waals surface area contributed by atoms with E-state index in [1.54, 1.807) is 18.3 Å². The number of nitro benzene ring substituents is 1. The Balaban J connectivity index is 1.73. The second-order valence-electron chi connectivity index (χ2n) is 4.86. The zero-order chi connectivity index (χ0) is 16.4. The molecule has 0 spiro atoms. The molecule has 0 aliphatic rings. The van der Waals surface area contributed by atoms with Crippen molar-refractivity contribution in [2.24, 2.45) is 0 Å². The van der Waals surface area contributed by atoms with Crippen LogP contribution in [0.2, 0.25) is 0 Å². The normalized spacial score (nSPS) is 10.8. The summed E-state index contributed by atoms with van der Waals surface area (Å²) in [4.78, 5) is 26.5. The van der Waals surface area contributed by atoms with E-state index in [0.717, 1.165) is 20.3 Å². The number of aromatic nitrogens is 1. The summed E-state index contributed by atoms with van der Waals surface area (Å²) in [7, 11) is 0. The number of non-ortho nitro benzene ring substituents is 1. The Kier molecular flexibility index (Phi) is 4.49. The maximum Gasteiger partial charge on any atom is 0.269 e. The van der Waals surface area contributed by atoms with Crippen molar-refractivity contribution < 1.29 is 9.72 Å². The number of carbonyl (C=O) groups is 1. The van der Waals surface area contributed by atoms with Crippen LogP contribution >= 0.6 is 27.7 Å². The van der Waals surface area contributed by atoms with Gasteiger partial charge in [-0.25, -0.2) is 0 Å². The summed E-state index contributed by atoms with van der Waals surface area (Å²) in [6.07, 6.45) is 1.72. The molecule has 0 amide bonds. The molecule has 0 fully saturated rings. The highest BCUT2D eigenvalue weighted by molar-refractivity contribution is 9.10. The molecule has 1 N–H and O–H groups in total. The Labute approximate surface area is 144 Å². The van der Waals surface area contributed by atoms with Gasteiger partial charge < -0.3 is 4.98 Å². The Bertz CT molecular complexity index is 890. The summed E-state index contributed by atoms with van der Waals surface area (Å²) in [5, 5.41) is 11.5. The van der Waals surface area contributed by atoms with Gasteiger partial charge in [0, 0.05) is 44.2 Å². The number of hydrogen-bond acceptors (Lipinski definition) is 4. The maximum atomic E-state index is 12.4. The zero-order valence-corrected chi connectivity index (χ0v) is 14.2. The lowest BCUT2D eigenvalue weighted by Gasteiger charge is -2.01. The van der Waals surface area contributed by atoms with Gasteiger partial charge >= 0.3 is 0 Å². The Morgan fingerprint density at radius 2 is 1.96 bits per heavy atom. The van der Waals surface area contributed by atoms with Crippen LogP contribution in [0, 0.1) is 10.1 Å². The van der Waals surface area contributed by atoms with Crippen LogP contribution in [0.5, 0.6) is 0 Å². The molecule has 116 valence electrons. The fourth-order valence-corrected chi connectivity index (χ4v) is 3.36. The molecule has 0 aliphatic carbocycles. The number of ketones is 1. The molecule has 0 saturated carbocycles. The first-order chi connectivity index (χ1) is 11.0. The zero-order valence-electron chi connectivity index (χ0n) is 11.8. The third-order valence-electron chi connectivity index (χ3n) is 3.36. The number of halogens is 1. The smallest absolute Gasteiger partial charge is 0.269 e. The number of benzene rings is 2. The fraction of sp³-hybridized carbons (Fsp3) is 0.0625. The van der Waals surface area contributed by atoms with E-state index in [1.165, 1.54) is 23.9 Å². The van der Waals surface area contributed by atoms with Crippen molar-refractivity contribution in [2.45, 2.75) is 4.90 Å². The molecule has 3 rings (SSSR count). The molecule has 0 saturated heterocycles. The van der Waals surface area contributed by atoms with Gasteiger partial charge in [0.1, 0.15) is 0 Å². The SMILES string of the molecule is O=C(CSc1ccc([N+](=O)[O-])cc1)c1c[nH]c2ccc(Br)cc12. The molecular weight excluding hydrogens is 380 g/mol. The highest BCUT2D eigenvalue weighted by Gasteiger charge is 2.13. The lowest BCUT2D eigenvalue weighted by molar-refractivity contribution is -0.384. The number of nitro groups is 1. The largest absolute Gasteiger partial charge is 0.360 e. The van der Waals surface area contributed by atoms with Crippen molar-refractivity contribution in [3.63, 3.8) is 0 Å². The Hall–Kier alpha value is -2.12. The number of nitrogens with zero attached hydrogens (tertiary/aromatic N) is 1. The summed E-state index contributed by atoms with van der Waals surface area (Å²) < 4.78 is 0.918. The number of hydrogen-bond donors (Lipinski definition) is 1. The summed E-state index contributed by atoms with van der Waals surface area (Å²) in [6, 6.07) is 11.9. The van der Waals surface area contributed by atoms with Crippen LogP contribution in [0.3, 0.4) is 0 Å². The molecule has 2 aromatic carbocycles. The van der Waals surface area contributed by atoms with Crippen LogP contribution in [0.25, 0.3) is 10.9 Å². The number of H-pyrrole nitrogens is 1. The van der Waals surface area contributed by atoms with Gasteiger partial charge in [-0.05, 0) is 30.3 Å². The molecule has 0 radical (unpaired) electrons. The molecule has 0 unspecified atom stereocenters. The van der Waals surface area contributed by atoms with Gasteiger partial charge in [-0.1, -0.05) is 15.9 Å². The third-order valence-corrected chi connectivity index (χ3v) is 4.87. The lowest BCUT2D eigenvalue weighted by atomic mass is 10.1. The van der Waals surface area contributed by atoms with E-state index in [0.29, 0.717) is 5.56 Å². The number of carbonyl (C=O) groups excluding carboxylic acids is 1. The predicted molar refractivity (Wildman–Crippen MR) is 94.1 cm³/mol. The van der Waals surface area contributed by atoms with Crippen LogP contribution in [0.4, 0.5) is 5.69 Å². The van der Waals surface area contributed by atoms with Crippen LogP contribution in [0.15, 0.2) is 58.0 Å². The number of nitrogens with one attached hydrogen (secondary N) is 1. The minimum absolute atomic E-state index is 0.0118. The topological polar surface area (TPSA) is 76.0 Å². The van der Waals surface area contributed by atoms with Crippen LogP contribution in [-0.4, -0.2) is 21.4 Å².